The van der Waals surface area contributed by atoms with Crippen molar-refractivity contribution in [3.05, 3.63) is 65.2 Å². The molecule has 0 heterocycles. The van der Waals surface area contributed by atoms with E-state index in [1.165, 1.54) is 5.56 Å². The molecule has 25 heavy (non-hydrogen) atoms. The van der Waals surface area contributed by atoms with Crippen molar-refractivity contribution in [1.82, 2.24) is 5.32 Å². The van der Waals surface area contributed by atoms with Gasteiger partial charge in [-0.05, 0) is 18.1 Å². The highest BCUT2D eigenvalue weighted by molar-refractivity contribution is 5.97. The molecule has 1 N–H and O–H groups in total. The van der Waals surface area contributed by atoms with E-state index in [0.717, 1.165) is 24.2 Å². The minimum absolute atomic E-state index is 0.00418. The number of nitrogens with one attached hydrogen (secondary N) is 1. The van der Waals surface area contributed by atoms with Crippen LogP contribution in [0.1, 0.15) is 47.7 Å². The number of aryl methyl sites for hydroxylation is 1. The lowest BCUT2D eigenvalue weighted by molar-refractivity contribution is -0.121. The number of para-hydroxylation sites is 1. The molecule has 132 valence electrons. The second-order valence-electron chi connectivity index (χ2n) is 5.96. The van der Waals surface area contributed by atoms with E-state index in [4.69, 9.17) is 4.74 Å². The van der Waals surface area contributed by atoms with E-state index in [0.29, 0.717) is 12.1 Å². The number of ketones is 1. The zero-order valence-electron chi connectivity index (χ0n) is 14.9. The Balaban J connectivity index is 1.80. The van der Waals surface area contributed by atoms with Crippen LogP contribution >= 0.6 is 0 Å². The number of hydrogen-bond donors (Lipinski definition) is 1. The van der Waals surface area contributed by atoms with Crippen molar-refractivity contribution in [1.29, 1.82) is 0 Å². The first-order valence-electron chi connectivity index (χ1n) is 8.64. The number of Topliss-reactive ketones (excluding diaryl/α,β-unsaturated/α-hetero) is 1. The maximum absolute atomic E-state index is 12.2. The molecule has 0 saturated heterocycles. The van der Waals surface area contributed by atoms with Gasteiger partial charge in [0.2, 0.25) is 5.91 Å². The first kappa shape index (κ1) is 18.7. The number of carbonyl (C=O) groups excluding carboxylic acids is 2. The summed E-state index contributed by atoms with van der Waals surface area (Å²) in [5.74, 6) is 0.600. The van der Waals surface area contributed by atoms with E-state index in [2.05, 4.69) is 12.2 Å². The Kier molecular flexibility index (Phi) is 7.20. The fraction of sp³-hybridized carbons (Fsp3) is 0.333. The quantitative estimate of drug-likeness (QED) is 0.704. The third-order valence-corrected chi connectivity index (χ3v) is 4.06. The van der Waals surface area contributed by atoms with E-state index in [-0.39, 0.29) is 24.5 Å². The van der Waals surface area contributed by atoms with Crippen LogP contribution in [0.2, 0.25) is 0 Å². The first-order chi connectivity index (χ1) is 12.1. The van der Waals surface area contributed by atoms with Gasteiger partial charge in [0.25, 0.3) is 0 Å². The molecular formula is C21H25NO3. The lowest BCUT2D eigenvalue weighted by atomic mass is 10.0. The number of carbonyl (C=O) groups is 2. The van der Waals surface area contributed by atoms with Crippen LogP contribution in [0.3, 0.4) is 0 Å². The molecule has 1 amide bonds. The van der Waals surface area contributed by atoms with E-state index >= 15 is 0 Å². The number of methoxy groups -OCH3 is 1. The normalized spacial score (nSPS) is 10.3. The van der Waals surface area contributed by atoms with Crippen LogP contribution in [0, 0.1) is 0 Å². The van der Waals surface area contributed by atoms with Crippen LogP contribution in [0.5, 0.6) is 5.75 Å². The molecule has 2 rings (SSSR count). The monoisotopic (exact) mass is 339 g/mol. The maximum atomic E-state index is 12.2. The SMILES string of the molecule is CCCc1ccc(C(=O)CCC(=O)NCc2ccccc2OC)cc1. The third kappa shape index (κ3) is 5.75. The summed E-state index contributed by atoms with van der Waals surface area (Å²) in [6.07, 6.45) is 2.50. The van der Waals surface area contributed by atoms with Crippen molar-refractivity contribution in [3.8, 4) is 5.75 Å². The van der Waals surface area contributed by atoms with Crippen molar-refractivity contribution in [2.45, 2.75) is 39.2 Å². The van der Waals surface area contributed by atoms with Gasteiger partial charge in [-0.15, -0.1) is 0 Å². The minimum atomic E-state index is -0.137. The average Bonchev–Trinajstić information content (AvgIpc) is 2.65. The molecule has 0 aliphatic heterocycles. The van der Waals surface area contributed by atoms with E-state index in [1.54, 1.807) is 7.11 Å². The Hall–Kier alpha value is -2.62. The van der Waals surface area contributed by atoms with Crippen molar-refractivity contribution in [2.75, 3.05) is 7.11 Å². The van der Waals surface area contributed by atoms with Crippen molar-refractivity contribution in [3.63, 3.8) is 0 Å². The van der Waals surface area contributed by atoms with Gasteiger partial charge in [0.05, 0.1) is 7.11 Å². The highest BCUT2D eigenvalue weighted by Crippen LogP contribution is 2.16. The fourth-order valence-corrected chi connectivity index (χ4v) is 2.65. The largest absolute Gasteiger partial charge is 0.496 e. The van der Waals surface area contributed by atoms with E-state index < -0.39 is 0 Å². The van der Waals surface area contributed by atoms with Gasteiger partial charge >= 0.3 is 0 Å². The van der Waals surface area contributed by atoms with Crippen LogP contribution in [0.25, 0.3) is 0 Å². The maximum Gasteiger partial charge on any atom is 0.220 e. The minimum Gasteiger partial charge on any atom is -0.496 e. The summed E-state index contributed by atoms with van der Waals surface area (Å²) >= 11 is 0. The first-order valence-corrected chi connectivity index (χ1v) is 8.64. The lowest BCUT2D eigenvalue weighted by Gasteiger charge is -2.09. The smallest absolute Gasteiger partial charge is 0.220 e. The highest BCUT2D eigenvalue weighted by atomic mass is 16.5. The lowest BCUT2D eigenvalue weighted by Crippen LogP contribution is -2.23. The van der Waals surface area contributed by atoms with E-state index in [9.17, 15) is 9.59 Å². The van der Waals surface area contributed by atoms with Gasteiger partial charge in [-0.1, -0.05) is 55.8 Å². The summed E-state index contributed by atoms with van der Waals surface area (Å²) in [4.78, 5) is 24.2. The van der Waals surface area contributed by atoms with Crippen LogP contribution in [0.4, 0.5) is 0 Å². The van der Waals surface area contributed by atoms with Gasteiger partial charge in [0.1, 0.15) is 5.75 Å². The molecule has 2 aromatic carbocycles. The Labute approximate surface area is 149 Å². The van der Waals surface area contributed by atoms with E-state index in [1.807, 2.05) is 48.5 Å². The summed E-state index contributed by atoms with van der Waals surface area (Å²) in [5, 5.41) is 2.84. The zero-order valence-corrected chi connectivity index (χ0v) is 14.9. The van der Waals surface area contributed by atoms with Crippen LogP contribution in [0.15, 0.2) is 48.5 Å². The molecule has 0 aliphatic rings. The predicted molar refractivity (Wildman–Crippen MR) is 98.8 cm³/mol. The van der Waals surface area contributed by atoms with Crippen molar-refractivity contribution < 1.29 is 14.3 Å². The van der Waals surface area contributed by atoms with Gasteiger partial charge in [0.15, 0.2) is 5.78 Å². The van der Waals surface area contributed by atoms with Gasteiger partial charge in [-0.2, -0.15) is 0 Å². The third-order valence-electron chi connectivity index (χ3n) is 4.06. The molecular weight excluding hydrogens is 314 g/mol. The molecule has 0 unspecified atom stereocenters. The average molecular weight is 339 g/mol. The summed E-state index contributed by atoms with van der Waals surface area (Å²) in [6, 6.07) is 15.2. The zero-order chi connectivity index (χ0) is 18.1. The molecule has 4 heteroatoms. The standard InChI is InChI=1S/C21H25NO3/c1-3-6-16-9-11-17(12-10-16)19(23)13-14-21(24)22-15-18-7-4-5-8-20(18)25-2/h4-5,7-12H,3,6,13-15H2,1-2H3,(H,22,24). The number of ether oxygens (including phenoxy) is 1. The number of amides is 1. The van der Waals surface area contributed by atoms with Gasteiger partial charge < -0.3 is 10.1 Å². The molecule has 0 saturated carbocycles. The van der Waals surface area contributed by atoms with Gasteiger partial charge in [0, 0.05) is 30.5 Å². The van der Waals surface area contributed by atoms with Gasteiger partial charge in [-0.3, -0.25) is 9.59 Å². The molecule has 0 radical (unpaired) electrons. The van der Waals surface area contributed by atoms with Crippen molar-refractivity contribution in [2.24, 2.45) is 0 Å². The topological polar surface area (TPSA) is 55.4 Å². The number of hydrogen-bond acceptors (Lipinski definition) is 3. The molecule has 0 aromatic heterocycles. The molecule has 0 bridgehead atoms. The Bertz CT molecular complexity index is 707. The number of rotatable bonds is 9. The number of benzene rings is 2. The fourth-order valence-electron chi connectivity index (χ4n) is 2.65. The second-order valence-corrected chi connectivity index (χ2v) is 5.96. The Morgan fingerprint density at radius 1 is 1.00 bits per heavy atom. The second kappa shape index (κ2) is 9.62. The molecule has 0 spiro atoms. The van der Waals surface area contributed by atoms with Crippen LogP contribution in [-0.2, 0) is 17.8 Å². The molecule has 4 nitrogen and oxygen atoms in total. The van der Waals surface area contributed by atoms with Crippen LogP contribution in [-0.4, -0.2) is 18.8 Å². The Morgan fingerprint density at radius 2 is 1.72 bits per heavy atom. The summed E-state index contributed by atoms with van der Waals surface area (Å²) < 4.78 is 5.26. The summed E-state index contributed by atoms with van der Waals surface area (Å²) in [7, 11) is 1.60. The summed E-state index contributed by atoms with van der Waals surface area (Å²) in [5.41, 5.74) is 2.81. The molecule has 0 aliphatic carbocycles. The predicted octanol–water partition coefficient (Wildman–Crippen LogP) is 3.93. The molecule has 0 atom stereocenters. The van der Waals surface area contributed by atoms with Gasteiger partial charge in [-0.25, -0.2) is 0 Å². The summed E-state index contributed by atoms with van der Waals surface area (Å²) in [6.45, 7) is 2.52. The Morgan fingerprint density at radius 3 is 2.40 bits per heavy atom. The van der Waals surface area contributed by atoms with Crippen molar-refractivity contribution >= 4 is 11.7 Å². The molecule has 2 aromatic rings. The highest BCUT2D eigenvalue weighted by Gasteiger charge is 2.10. The molecule has 0 fully saturated rings. The van der Waals surface area contributed by atoms with Crippen LogP contribution < -0.4 is 10.1 Å².